The summed E-state index contributed by atoms with van der Waals surface area (Å²) in [5, 5.41) is 2.82. The van der Waals surface area contributed by atoms with Crippen LogP contribution in [0, 0.1) is 5.82 Å². The maximum absolute atomic E-state index is 13.0. The number of benzene rings is 1. The first kappa shape index (κ1) is 15.8. The Labute approximate surface area is 119 Å². The highest BCUT2D eigenvalue weighted by Crippen LogP contribution is 2.30. The Balaban J connectivity index is 2.92. The lowest BCUT2D eigenvalue weighted by Gasteiger charge is -2.10. The lowest BCUT2D eigenvalue weighted by atomic mass is 10.3. The molecule has 1 rings (SSSR count). The average molecular weight is 360 g/mol. The molecule has 8 heteroatoms. The van der Waals surface area contributed by atoms with Crippen molar-refractivity contribution in [2.45, 2.75) is 11.8 Å². The van der Waals surface area contributed by atoms with Gasteiger partial charge in [0.25, 0.3) is 0 Å². The van der Waals surface area contributed by atoms with E-state index in [4.69, 9.17) is 11.6 Å². The van der Waals surface area contributed by atoms with Gasteiger partial charge in [0.2, 0.25) is 10.0 Å². The first-order valence-corrected chi connectivity index (χ1v) is 7.89. The molecule has 4 nitrogen and oxygen atoms in total. The Morgan fingerprint density at radius 1 is 1.39 bits per heavy atom. The number of hydrogen-bond acceptors (Lipinski definition) is 3. The Morgan fingerprint density at radius 2 is 2.06 bits per heavy atom. The molecule has 0 fully saturated rings. The Kier molecular flexibility index (Phi) is 6.00. The van der Waals surface area contributed by atoms with Gasteiger partial charge in [0.15, 0.2) is 0 Å². The maximum Gasteiger partial charge on any atom is 0.243 e. The summed E-state index contributed by atoms with van der Waals surface area (Å²) in [6, 6.07) is 2.02. The summed E-state index contributed by atoms with van der Waals surface area (Å²) in [5.41, 5.74) is 0. The minimum absolute atomic E-state index is 0.100. The summed E-state index contributed by atoms with van der Waals surface area (Å²) in [6.07, 6.45) is 0. The summed E-state index contributed by atoms with van der Waals surface area (Å²) >= 11 is 8.75. The lowest BCUT2D eigenvalue weighted by Crippen LogP contribution is -2.32. The summed E-state index contributed by atoms with van der Waals surface area (Å²) in [5.74, 6) is -0.599. The number of likely N-dealkylation sites (N-methyl/N-ethyl adjacent to an activating group) is 1. The quantitative estimate of drug-likeness (QED) is 0.765. The van der Waals surface area contributed by atoms with Crippen LogP contribution in [0.15, 0.2) is 21.5 Å². The van der Waals surface area contributed by atoms with Gasteiger partial charge in [-0.2, -0.15) is 0 Å². The fraction of sp³-hybridized carbons (Fsp3) is 0.400. The van der Waals surface area contributed by atoms with Crippen LogP contribution in [-0.2, 0) is 10.0 Å². The topological polar surface area (TPSA) is 58.2 Å². The molecule has 0 bridgehead atoms. The largest absolute Gasteiger partial charge is 0.316 e. The number of sulfonamides is 1. The molecule has 2 N–H and O–H groups in total. The zero-order valence-electron chi connectivity index (χ0n) is 9.63. The first-order chi connectivity index (χ1) is 8.38. The zero-order valence-corrected chi connectivity index (χ0v) is 12.8. The van der Waals surface area contributed by atoms with Gasteiger partial charge in [0, 0.05) is 17.6 Å². The van der Waals surface area contributed by atoms with E-state index in [0.717, 1.165) is 18.7 Å². The molecule has 0 atom stereocenters. The van der Waals surface area contributed by atoms with Crippen LogP contribution < -0.4 is 10.0 Å². The molecule has 0 aliphatic heterocycles. The summed E-state index contributed by atoms with van der Waals surface area (Å²) in [6.45, 7) is 3.41. The minimum atomic E-state index is -3.75. The summed E-state index contributed by atoms with van der Waals surface area (Å²) < 4.78 is 39.4. The molecule has 0 unspecified atom stereocenters. The van der Waals surface area contributed by atoms with Crippen molar-refractivity contribution in [3.8, 4) is 0 Å². The molecule has 0 heterocycles. The van der Waals surface area contributed by atoms with Crippen molar-refractivity contribution in [3.05, 3.63) is 27.4 Å². The van der Waals surface area contributed by atoms with Crippen LogP contribution in [0.25, 0.3) is 0 Å². The number of nitrogens with one attached hydrogen (secondary N) is 2. The van der Waals surface area contributed by atoms with Crippen LogP contribution in [-0.4, -0.2) is 28.1 Å². The van der Waals surface area contributed by atoms with Gasteiger partial charge >= 0.3 is 0 Å². The monoisotopic (exact) mass is 358 g/mol. The highest BCUT2D eigenvalue weighted by molar-refractivity contribution is 9.10. The third-order valence-electron chi connectivity index (χ3n) is 2.08. The number of hydrogen-bond donors (Lipinski definition) is 2. The van der Waals surface area contributed by atoms with E-state index in [-0.39, 0.29) is 20.9 Å². The standard InChI is InChI=1S/C10H13BrClFN2O2S/c1-2-14-3-4-15-18(16,17)10-8(11)5-7(13)6-9(10)12/h5-6,14-15H,2-4H2,1H3. The van der Waals surface area contributed by atoms with E-state index >= 15 is 0 Å². The van der Waals surface area contributed by atoms with Crippen LogP contribution in [0.3, 0.4) is 0 Å². The lowest BCUT2D eigenvalue weighted by molar-refractivity contribution is 0.576. The van der Waals surface area contributed by atoms with Crippen LogP contribution >= 0.6 is 27.5 Å². The van der Waals surface area contributed by atoms with Crippen molar-refractivity contribution < 1.29 is 12.8 Å². The predicted octanol–water partition coefficient (Wildman–Crippen LogP) is 2.13. The smallest absolute Gasteiger partial charge is 0.243 e. The molecule has 18 heavy (non-hydrogen) atoms. The van der Waals surface area contributed by atoms with Gasteiger partial charge in [-0.3, -0.25) is 0 Å². The van der Waals surface area contributed by atoms with Crippen molar-refractivity contribution in [2.75, 3.05) is 19.6 Å². The van der Waals surface area contributed by atoms with Gasteiger partial charge in [-0.25, -0.2) is 17.5 Å². The third kappa shape index (κ3) is 4.17. The molecule has 1 aromatic rings. The molecule has 0 saturated heterocycles. The Morgan fingerprint density at radius 3 is 2.61 bits per heavy atom. The maximum atomic E-state index is 13.0. The second-order valence-corrected chi connectivity index (χ2v) is 6.42. The van der Waals surface area contributed by atoms with E-state index in [2.05, 4.69) is 26.0 Å². The van der Waals surface area contributed by atoms with E-state index in [9.17, 15) is 12.8 Å². The molecule has 102 valence electrons. The molecule has 0 saturated carbocycles. The Hall–Kier alpha value is -0.210. The molecule has 0 aliphatic carbocycles. The highest BCUT2D eigenvalue weighted by Gasteiger charge is 2.21. The molecular formula is C10H13BrClFN2O2S. The fourth-order valence-corrected chi connectivity index (χ4v) is 4.15. The van der Waals surface area contributed by atoms with Crippen LogP contribution in [0.1, 0.15) is 6.92 Å². The van der Waals surface area contributed by atoms with Crippen molar-refractivity contribution in [1.82, 2.24) is 10.0 Å². The van der Waals surface area contributed by atoms with E-state index in [0.29, 0.717) is 6.54 Å². The first-order valence-electron chi connectivity index (χ1n) is 5.23. The molecule has 1 aromatic carbocycles. The molecule has 0 amide bonds. The second kappa shape index (κ2) is 6.81. The molecule has 0 spiro atoms. The van der Waals surface area contributed by atoms with Crippen molar-refractivity contribution in [2.24, 2.45) is 0 Å². The minimum Gasteiger partial charge on any atom is -0.316 e. The van der Waals surface area contributed by atoms with Crippen LogP contribution in [0.2, 0.25) is 5.02 Å². The van der Waals surface area contributed by atoms with Gasteiger partial charge in [-0.1, -0.05) is 18.5 Å². The van der Waals surface area contributed by atoms with Crippen molar-refractivity contribution >= 4 is 37.6 Å². The van der Waals surface area contributed by atoms with Gasteiger partial charge in [0.05, 0.1) is 5.02 Å². The highest BCUT2D eigenvalue weighted by atomic mass is 79.9. The normalized spacial score (nSPS) is 11.8. The Bertz CT molecular complexity index is 502. The van der Waals surface area contributed by atoms with E-state index in [1.807, 2.05) is 6.92 Å². The zero-order chi connectivity index (χ0) is 13.8. The van der Waals surface area contributed by atoms with E-state index < -0.39 is 15.8 Å². The van der Waals surface area contributed by atoms with Crippen molar-refractivity contribution in [3.63, 3.8) is 0 Å². The summed E-state index contributed by atoms with van der Waals surface area (Å²) in [4.78, 5) is -0.151. The van der Waals surface area contributed by atoms with Crippen LogP contribution in [0.4, 0.5) is 4.39 Å². The van der Waals surface area contributed by atoms with E-state index in [1.54, 1.807) is 0 Å². The SMILES string of the molecule is CCNCCNS(=O)(=O)c1c(Cl)cc(F)cc1Br. The number of halogens is 3. The number of rotatable bonds is 6. The average Bonchev–Trinajstić information content (AvgIpc) is 2.22. The van der Waals surface area contributed by atoms with Gasteiger partial charge in [0.1, 0.15) is 10.7 Å². The molecule has 0 aliphatic rings. The van der Waals surface area contributed by atoms with Crippen molar-refractivity contribution in [1.29, 1.82) is 0 Å². The molecule has 0 aromatic heterocycles. The predicted molar refractivity (Wildman–Crippen MR) is 72.8 cm³/mol. The fourth-order valence-electron chi connectivity index (χ4n) is 1.31. The summed E-state index contributed by atoms with van der Waals surface area (Å²) in [7, 11) is -3.75. The second-order valence-electron chi connectivity index (χ2n) is 3.45. The van der Waals surface area contributed by atoms with Crippen LogP contribution in [0.5, 0.6) is 0 Å². The van der Waals surface area contributed by atoms with Gasteiger partial charge < -0.3 is 5.32 Å². The third-order valence-corrected chi connectivity index (χ3v) is 4.94. The molecule has 0 radical (unpaired) electrons. The van der Waals surface area contributed by atoms with Gasteiger partial charge in [-0.15, -0.1) is 0 Å². The van der Waals surface area contributed by atoms with Gasteiger partial charge in [-0.05, 0) is 34.6 Å². The molecular weight excluding hydrogens is 347 g/mol. The van der Waals surface area contributed by atoms with E-state index in [1.165, 1.54) is 0 Å².